The van der Waals surface area contributed by atoms with Gasteiger partial charge in [0.2, 0.25) is 0 Å². The monoisotopic (exact) mass is 362 g/mol. The number of nitrogens with zero attached hydrogens (tertiary/aromatic N) is 1. The maximum Gasteiger partial charge on any atom is 0.253 e. The van der Waals surface area contributed by atoms with Gasteiger partial charge in [-0.25, -0.2) is 4.39 Å². The summed E-state index contributed by atoms with van der Waals surface area (Å²) in [6.45, 7) is 6.51. The van der Waals surface area contributed by atoms with Crippen LogP contribution in [0.15, 0.2) is 36.4 Å². The van der Waals surface area contributed by atoms with Crippen molar-refractivity contribution in [3.05, 3.63) is 47.1 Å². The summed E-state index contributed by atoms with van der Waals surface area (Å²) >= 11 is 1.63. The van der Waals surface area contributed by atoms with E-state index in [0.717, 1.165) is 21.9 Å². The minimum absolute atomic E-state index is 0.0268. The Morgan fingerprint density at radius 3 is 2.72 bits per heavy atom. The van der Waals surface area contributed by atoms with Gasteiger partial charge in [-0.05, 0) is 43.7 Å². The maximum atomic E-state index is 13.1. The number of amides is 1. The molecular weight excluding hydrogens is 339 g/mol. The molecule has 1 saturated heterocycles. The van der Waals surface area contributed by atoms with Crippen LogP contribution in [0.4, 0.5) is 4.39 Å². The normalized spacial score (nSPS) is 17.7. The van der Waals surface area contributed by atoms with E-state index in [0.29, 0.717) is 19.7 Å². The smallest absolute Gasteiger partial charge is 0.253 e. The highest BCUT2D eigenvalue weighted by molar-refractivity contribution is 7.15. The van der Waals surface area contributed by atoms with Crippen LogP contribution >= 0.6 is 11.3 Å². The molecule has 1 aliphatic heterocycles. The standard InChI is InChI=1S/C19H23FN2O2S/c1-13(2)22(19(23)17-11-21-9-10-24-17)12-16-7-8-18(25-16)14-3-5-15(20)6-4-14/h3-8,13,17,21H,9-12H2,1-2H3. The first kappa shape index (κ1) is 18.0. The number of ether oxygens (including phenoxy) is 1. The van der Waals surface area contributed by atoms with E-state index in [1.807, 2.05) is 30.9 Å². The minimum atomic E-state index is -0.410. The van der Waals surface area contributed by atoms with Crippen LogP contribution in [0.1, 0.15) is 18.7 Å². The van der Waals surface area contributed by atoms with Crippen LogP contribution in [0.25, 0.3) is 10.4 Å². The number of morpholine rings is 1. The molecular formula is C19H23FN2O2S. The molecule has 1 aromatic heterocycles. The van der Waals surface area contributed by atoms with E-state index >= 15 is 0 Å². The van der Waals surface area contributed by atoms with Gasteiger partial charge < -0.3 is 15.0 Å². The third-order valence-corrected chi connectivity index (χ3v) is 5.35. The number of rotatable bonds is 5. The largest absolute Gasteiger partial charge is 0.366 e. The molecule has 1 N–H and O–H groups in total. The molecule has 4 nitrogen and oxygen atoms in total. The zero-order chi connectivity index (χ0) is 17.8. The molecule has 1 aromatic carbocycles. The number of carbonyl (C=O) groups excluding carboxylic acids is 1. The zero-order valence-corrected chi connectivity index (χ0v) is 15.3. The van der Waals surface area contributed by atoms with Gasteiger partial charge in [0.05, 0.1) is 13.2 Å². The highest BCUT2D eigenvalue weighted by Gasteiger charge is 2.28. The van der Waals surface area contributed by atoms with E-state index in [4.69, 9.17) is 4.74 Å². The zero-order valence-electron chi connectivity index (χ0n) is 14.5. The topological polar surface area (TPSA) is 41.6 Å². The van der Waals surface area contributed by atoms with Crippen LogP contribution in [0.3, 0.4) is 0 Å². The van der Waals surface area contributed by atoms with E-state index in [1.165, 1.54) is 12.1 Å². The molecule has 1 atom stereocenters. The number of nitrogens with one attached hydrogen (secondary N) is 1. The number of thiophene rings is 1. The molecule has 134 valence electrons. The molecule has 0 aliphatic carbocycles. The molecule has 2 heterocycles. The van der Waals surface area contributed by atoms with E-state index in [2.05, 4.69) is 5.32 Å². The fourth-order valence-corrected chi connectivity index (χ4v) is 3.84. The lowest BCUT2D eigenvalue weighted by molar-refractivity contribution is -0.147. The van der Waals surface area contributed by atoms with E-state index in [1.54, 1.807) is 23.5 Å². The fourth-order valence-electron chi connectivity index (χ4n) is 2.82. The minimum Gasteiger partial charge on any atom is -0.366 e. The van der Waals surface area contributed by atoms with Gasteiger partial charge in [-0.15, -0.1) is 11.3 Å². The van der Waals surface area contributed by atoms with Gasteiger partial charge in [0.25, 0.3) is 5.91 Å². The van der Waals surface area contributed by atoms with Crippen molar-refractivity contribution in [3.8, 4) is 10.4 Å². The number of halogens is 1. The Bertz CT molecular complexity index is 708. The highest BCUT2D eigenvalue weighted by atomic mass is 32.1. The molecule has 1 amide bonds. The molecule has 1 unspecified atom stereocenters. The van der Waals surface area contributed by atoms with Gasteiger partial charge in [0.15, 0.2) is 0 Å². The Labute approximate surface area is 151 Å². The molecule has 2 aromatic rings. The van der Waals surface area contributed by atoms with Crippen LogP contribution in [0, 0.1) is 5.82 Å². The Hall–Kier alpha value is -1.76. The van der Waals surface area contributed by atoms with Crippen molar-refractivity contribution in [1.82, 2.24) is 10.2 Å². The van der Waals surface area contributed by atoms with Crippen molar-refractivity contribution in [1.29, 1.82) is 0 Å². The molecule has 1 fully saturated rings. The van der Waals surface area contributed by atoms with Crippen molar-refractivity contribution in [3.63, 3.8) is 0 Å². The van der Waals surface area contributed by atoms with E-state index in [9.17, 15) is 9.18 Å². The van der Waals surface area contributed by atoms with Gasteiger partial charge in [-0.1, -0.05) is 12.1 Å². The summed E-state index contributed by atoms with van der Waals surface area (Å²) in [6.07, 6.45) is -0.410. The molecule has 0 radical (unpaired) electrons. The summed E-state index contributed by atoms with van der Waals surface area (Å²) in [6, 6.07) is 10.6. The van der Waals surface area contributed by atoms with Crippen molar-refractivity contribution >= 4 is 17.2 Å². The van der Waals surface area contributed by atoms with Gasteiger partial charge in [0, 0.05) is 28.9 Å². The van der Waals surface area contributed by atoms with Gasteiger partial charge in [-0.3, -0.25) is 4.79 Å². The van der Waals surface area contributed by atoms with E-state index in [-0.39, 0.29) is 17.8 Å². The summed E-state index contributed by atoms with van der Waals surface area (Å²) in [5.41, 5.74) is 0.986. The Balaban J connectivity index is 1.72. The van der Waals surface area contributed by atoms with Crippen LogP contribution < -0.4 is 5.32 Å². The first-order valence-corrected chi connectivity index (χ1v) is 9.33. The average molecular weight is 362 g/mol. The number of hydrogen-bond donors (Lipinski definition) is 1. The highest BCUT2D eigenvalue weighted by Crippen LogP contribution is 2.29. The number of carbonyl (C=O) groups is 1. The second-order valence-corrected chi connectivity index (χ2v) is 7.56. The Morgan fingerprint density at radius 2 is 2.08 bits per heavy atom. The summed E-state index contributed by atoms with van der Waals surface area (Å²) in [5.74, 6) is -0.211. The molecule has 6 heteroatoms. The van der Waals surface area contributed by atoms with Crippen LogP contribution in [-0.4, -0.2) is 42.6 Å². The van der Waals surface area contributed by atoms with Crippen molar-refractivity contribution in [2.75, 3.05) is 19.7 Å². The predicted molar refractivity (Wildman–Crippen MR) is 98.0 cm³/mol. The van der Waals surface area contributed by atoms with Crippen molar-refractivity contribution in [2.24, 2.45) is 0 Å². The van der Waals surface area contributed by atoms with Gasteiger partial charge >= 0.3 is 0 Å². The first-order valence-electron chi connectivity index (χ1n) is 8.52. The quantitative estimate of drug-likeness (QED) is 0.888. The SMILES string of the molecule is CC(C)N(Cc1ccc(-c2ccc(F)cc2)s1)C(=O)C1CNCCO1. The predicted octanol–water partition coefficient (Wildman–Crippen LogP) is 3.28. The number of hydrogen-bond acceptors (Lipinski definition) is 4. The van der Waals surface area contributed by atoms with E-state index < -0.39 is 6.10 Å². The van der Waals surface area contributed by atoms with Crippen LogP contribution in [-0.2, 0) is 16.1 Å². The fraction of sp³-hybridized carbons (Fsp3) is 0.421. The second-order valence-electron chi connectivity index (χ2n) is 6.40. The Morgan fingerprint density at radius 1 is 1.32 bits per heavy atom. The lowest BCUT2D eigenvalue weighted by Gasteiger charge is -2.32. The molecule has 1 aliphatic rings. The van der Waals surface area contributed by atoms with Crippen molar-refractivity contribution < 1.29 is 13.9 Å². The maximum absolute atomic E-state index is 13.1. The lowest BCUT2D eigenvalue weighted by atomic mass is 10.2. The molecule has 0 bridgehead atoms. The van der Waals surface area contributed by atoms with Crippen molar-refractivity contribution in [2.45, 2.75) is 32.5 Å². The molecule has 0 saturated carbocycles. The van der Waals surface area contributed by atoms with Gasteiger partial charge in [0.1, 0.15) is 11.9 Å². The second kappa shape index (κ2) is 8.08. The summed E-state index contributed by atoms with van der Waals surface area (Å²) < 4.78 is 18.7. The molecule has 0 spiro atoms. The third-order valence-electron chi connectivity index (χ3n) is 4.23. The summed E-state index contributed by atoms with van der Waals surface area (Å²) in [4.78, 5) is 16.8. The molecule has 3 rings (SSSR count). The Kier molecular flexibility index (Phi) is 5.83. The molecule has 25 heavy (non-hydrogen) atoms. The lowest BCUT2D eigenvalue weighted by Crippen LogP contribution is -2.50. The summed E-state index contributed by atoms with van der Waals surface area (Å²) in [7, 11) is 0. The first-order chi connectivity index (χ1) is 12.0. The summed E-state index contributed by atoms with van der Waals surface area (Å²) in [5, 5.41) is 3.20. The third kappa shape index (κ3) is 4.45. The van der Waals surface area contributed by atoms with Crippen LogP contribution in [0.5, 0.6) is 0 Å². The van der Waals surface area contributed by atoms with Crippen LogP contribution in [0.2, 0.25) is 0 Å². The average Bonchev–Trinajstić information content (AvgIpc) is 3.09. The van der Waals surface area contributed by atoms with Gasteiger partial charge in [-0.2, -0.15) is 0 Å². The number of benzene rings is 1.